The molecule has 0 spiro atoms. The Morgan fingerprint density at radius 1 is 1.30 bits per heavy atom. The fraction of sp³-hybridized carbons (Fsp3) is 0.875. The van der Waals surface area contributed by atoms with Crippen LogP contribution in [0.15, 0.2) is 0 Å². The lowest BCUT2D eigenvalue weighted by atomic mass is 9.78. The zero-order valence-electron chi connectivity index (χ0n) is 17.2. The van der Waals surface area contributed by atoms with Crippen molar-refractivity contribution in [3.05, 3.63) is 0 Å². The number of rotatable bonds is 11. The Morgan fingerprint density at radius 3 is 2.37 bits per heavy atom. The number of carboxylic acid groups (broad SMARTS) is 1. The molecule has 0 unspecified atom stereocenters. The topological polar surface area (TPSA) is 208 Å². The van der Waals surface area contributed by atoms with Crippen LogP contribution in [0.25, 0.3) is 0 Å². The van der Waals surface area contributed by atoms with Gasteiger partial charge in [0.1, 0.15) is 5.54 Å². The van der Waals surface area contributed by atoms with Gasteiger partial charge in [0.05, 0.1) is 11.6 Å². The minimum absolute atomic E-state index is 0.0377. The molecule has 1 aliphatic heterocycles. The number of carbonyl (C=O) groups is 2. The van der Waals surface area contributed by atoms with Gasteiger partial charge >= 0.3 is 13.1 Å². The summed E-state index contributed by atoms with van der Waals surface area (Å²) >= 11 is 0. The molecule has 0 aromatic rings. The zero-order valence-corrected chi connectivity index (χ0v) is 18.1. The van der Waals surface area contributed by atoms with Crippen LogP contribution in [-0.4, -0.2) is 83.1 Å². The molecule has 2 aliphatic rings. The molecule has 12 nitrogen and oxygen atoms in total. The van der Waals surface area contributed by atoms with Crippen molar-refractivity contribution in [2.75, 3.05) is 13.1 Å². The van der Waals surface area contributed by atoms with Crippen molar-refractivity contribution in [3.8, 4) is 0 Å². The molecule has 14 heteroatoms. The van der Waals surface area contributed by atoms with Gasteiger partial charge in [0.2, 0.25) is 5.91 Å². The van der Waals surface area contributed by atoms with Crippen LogP contribution >= 0.6 is 0 Å². The van der Waals surface area contributed by atoms with Crippen molar-refractivity contribution in [2.24, 2.45) is 17.4 Å². The van der Waals surface area contributed by atoms with Crippen LogP contribution in [0.4, 0.5) is 0 Å². The molecule has 1 saturated carbocycles. The van der Waals surface area contributed by atoms with E-state index in [2.05, 4.69) is 10.0 Å². The van der Waals surface area contributed by atoms with Gasteiger partial charge in [-0.1, -0.05) is 6.42 Å². The van der Waals surface area contributed by atoms with E-state index in [4.69, 9.17) is 21.5 Å². The molecule has 2 fully saturated rings. The van der Waals surface area contributed by atoms with Gasteiger partial charge in [0.15, 0.2) is 0 Å². The quantitative estimate of drug-likeness (QED) is 0.162. The number of nitrogens with zero attached hydrogens (tertiary/aromatic N) is 1. The van der Waals surface area contributed by atoms with Crippen molar-refractivity contribution in [3.63, 3.8) is 0 Å². The maximum absolute atomic E-state index is 12.9. The van der Waals surface area contributed by atoms with E-state index in [1.54, 1.807) is 6.92 Å². The predicted molar refractivity (Wildman–Crippen MR) is 109 cm³/mol. The Bertz CT molecular complexity index is 761. The highest BCUT2D eigenvalue weighted by molar-refractivity contribution is 7.87. The second-order valence-electron chi connectivity index (χ2n) is 8.53. The minimum Gasteiger partial charge on any atom is -0.480 e. The molecule has 4 atom stereocenters. The second kappa shape index (κ2) is 9.06. The van der Waals surface area contributed by atoms with Crippen LogP contribution in [0.1, 0.15) is 39.5 Å². The monoisotopic (exact) mass is 449 g/mol. The highest BCUT2D eigenvalue weighted by Crippen LogP contribution is 2.39. The smallest absolute Gasteiger partial charge is 0.451 e. The lowest BCUT2D eigenvalue weighted by Crippen LogP contribution is -2.58. The highest BCUT2D eigenvalue weighted by atomic mass is 32.2. The molecule has 0 bridgehead atoms. The number of carbonyl (C=O) groups excluding carboxylic acids is 1. The van der Waals surface area contributed by atoms with E-state index in [1.807, 2.05) is 0 Å². The summed E-state index contributed by atoms with van der Waals surface area (Å²) in [6, 6.07) is -1.36. The molecular weight excluding hydrogens is 417 g/mol. The van der Waals surface area contributed by atoms with Crippen LogP contribution in [0.5, 0.6) is 0 Å². The average Bonchev–Trinajstić information content (AvgIpc) is 3.31. The van der Waals surface area contributed by atoms with Gasteiger partial charge in [-0.3, -0.25) is 9.59 Å². The fourth-order valence-corrected chi connectivity index (χ4v) is 5.37. The number of amides is 1. The third-order valence-corrected chi connectivity index (χ3v) is 7.68. The molecule has 1 amide bonds. The fourth-order valence-electron chi connectivity index (χ4n) is 3.79. The molecule has 2 rings (SSSR count). The first kappa shape index (κ1) is 25.0. The van der Waals surface area contributed by atoms with Crippen LogP contribution in [-0.2, 0) is 19.8 Å². The zero-order chi connectivity index (χ0) is 22.9. The first-order chi connectivity index (χ1) is 13.7. The summed E-state index contributed by atoms with van der Waals surface area (Å²) in [7, 11) is -5.60. The normalized spacial score (nSPS) is 28.0. The average molecular weight is 449 g/mol. The van der Waals surface area contributed by atoms with E-state index in [1.165, 1.54) is 6.92 Å². The highest BCUT2D eigenvalue weighted by Gasteiger charge is 2.54. The first-order valence-electron chi connectivity index (χ1n) is 9.97. The summed E-state index contributed by atoms with van der Waals surface area (Å²) in [6.45, 7) is 2.66. The van der Waals surface area contributed by atoms with Crippen molar-refractivity contribution < 1.29 is 33.2 Å². The van der Waals surface area contributed by atoms with Crippen LogP contribution < -0.4 is 21.5 Å². The van der Waals surface area contributed by atoms with Gasteiger partial charge in [0.25, 0.3) is 10.2 Å². The predicted octanol–water partition coefficient (Wildman–Crippen LogP) is -2.83. The SMILES string of the molecule is C[C@H](N)C(=O)NC1([C@@H](C)NS(=O)(=O)N2C[C@H](CCCB(O)O)[C@](N)(C(=O)O)C2)CC1. The minimum atomic E-state index is -4.08. The Hall–Kier alpha value is -1.29. The van der Waals surface area contributed by atoms with Gasteiger partial charge in [-0.25, -0.2) is 0 Å². The molecule has 9 N–H and O–H groups in total. The first-order valence-corrected chi connectivity index (χ1v) is 11.4. The molecule has 1 aliphatic carbocycles. The maximum Gasteiger partial charge on any atom is 0.451 e. The Kier molecular flexibility index (Phi) is 7.55. The lowest BCUT2D eigenvalue weighted by Gasteiger charge is -2.28. The van der Waals surface area contributed by atoms with Gasteiger partial charge in [-0.15, -0.1) is 0 Å². The lowest BCUT2D eigenvalue weighted by molar-refractivity contribution is -0.144. The molecule has 0 radical (unpaired) electrons. The summed E-state index contributed by atoms with van der Waals surface area (Å²) in [5.74, 6) is -2.38. The maximum atomic E-state index is 12.9. The third-order valence-electron chi connectivity index (χ3n) is 6.07. The molecule has 30 heavy (non-hydrogen) atoms. The summed E-state index contributed by atoms with van der Waals surface area (Å²) in [4.78, 5) is 23.7. The van der Waals surface area contributed by atoms with Crippen molar-refractivity contribution in [1.82, 2.24) is 14.3 Å². The summed E-state index contributed by atoms with van der Waals surface area (Å²) in [6.07, 6.45) is 1.75. The standard InChI is InChI=1S/C16H32BN5O7S/c1-10(18)13(23)20-15(5-6-15)11(2)21-30(28,29)22-8-12(4-3-7-17(26)27)16(19,9-22)14(24)25/h10-12,21,26-27H,3-9,18-19H2,1-2H3,(H,20,23)(H,24,25)/t10-,11+,12-,16-/m0/s1. The van der Waals surface area contributed by atoms with Crippen LogP contribution in [0.3, 0.4) is 0 Å². The number of hydrogen-bond acceptors (Lipinski definition) is 8. The van der Waals surface area contributed by atoms with E-state index < -0.39 is 58.9 Å². The van der Waals surface area contributed by atoms with Crippen molar-refractivity contribution >= 4 is 29.2 Å². The van der Waals surface area contributed by atoms with E-state index in [0.29, 0.717) is 19.3 Å². The number of carboxylic acids is 1. The Morgan fingerprint density at radius 2 is 1.90 bits per heavy atom. The molecule has 1 heterocycles. The number of hydrogen-bond donors (Lipinski definition) is 7. The summed E-state index contributed by atoms with van der Waals surface area (Å²) < 4.78 is 29.4. The number of nitrogens with one attached hydrogen (secondary N) is 2. The van der Waals surface area contributed by atoms with E-state index in [-0.39, 0.29) is 25.2 Å². The van der Waals surface area contributed by atoms with E-state index in [9.17, 15) is 23.1 Å². The third kappa shape index (κ3) is 5.49. The van der Waals surface area contributed by atoms with Crippen molar-refractivity contribution in [2.45, 2.75) is 69.0 Å². The summed E-state index contributed by atoms with van der Waals surface area (Å²) in [5, 5.41) is 30.3. The van der Waals surface area contributed by atoms with E-state index in [0.717, 1.165) is 4.31 Å². The van der Waals surface area contributed by atoms with Crippen molar-refractivity contribution in [1.29, 1.82) is 0 Å². The molecule has 1 saturated heterocycles. The molecule has 0 aromatic heterocycles. The molecule has 0 aromatic carbocycles. The Labute approximate surface area is 176 Å². The van der Waals surface area contributed by atoms with Crippen LogP contribution in [0.2, 0.25) is 6.32 Å². The molecular formula is C16H32BN5O7S. The van der Waals surface area contributed by atoms with Gasteiger partial charge in [0, 0.05) is 25.0 Å². The second-order valence-corrected chi connectivity index (χ2v) is 10.2. The van der Waals surface area contributed by atoms with Gasteiger partial charge in [-0.2, -0.15) is 17.4 Å². The summed E-state index contributed by atoms with van der Waals surface area (Å²) in [5.41, 5.74) is 9.12. The van der Waals surface area contributed by atoms with Crippen LogP contribution in [0, 0.1) is 5.92 Å². The largest absolute Gasteiger partial charge is 0.480 e. The van der Waals surface area contributed by atoms with Gasteiger partial charge < -0.3 is 31.9 Å². The Balaban J connectivity index is 2.08. The number of nitrogens with two attached hydrogens (primary N) is 2. The van der Waals surface area contributed by atoms with E-state index >= 15 is 0 Å². The molecule has 172 valence electrons. The van der Waals surface area contributed by atoms with Gasteiger partial charge in [-0.05, 0) is 39.4 Å². The number of aliphatic carboxylic acids is 1.